The average Bonchev–Trinajstić information content (AvgIpc) is 3.05. The molecule has 1 aliphatic carbocycles. The molecule has 0 saturated carbocycles. The second-order valence-electron chi connectivity index (χ2n) is 6.83. The number of nitrogens with two attached hydrogens (primary N) is 1. The molecule has 0 fully saturated rings. The number of carbonyl (C=O) groups is 2. The zero-order valence-electron chi connectivity index (χ0n) is 16.4. The summed E-state index contributed by atoms with van der Waals surface area (Å²) in [5, 5.41) is 2.62. The van der Waals surface area contributed by atoms with E-state index in [0.717, 1.165) is 24.0 Å². The van der Waals surface area contributed by atoms with Gasteiger partial charge in [0.1, 0.15) is 12.6 Å². The van der Waals surface area contributed by atoms with E-state index in [4.69, 9.17) is 15.2 Å². The number of fused-ring (bicyclic) bond motifs is 3. The molecule has 0 saturated heterocycles. The summed E-state index contributed by atoms with van der Waals surface area (Å²) in [6.07, 6.45) is 1.35. The highest BCUT2D eigenvalue weighted by Gasteiger charge is 2.29. The number of rotatable bonds is 8. The monoisotopic (exact) mass is 418 g/mol. The number of amides is 1. The molecule has 1 aliphatic rings. The molecule has 6 nitrogen and oxygen atoms in total. The van der Waals surface area contributed by atoms with Gasteiger partial charge in [0.15, 0.2) is 0 Å². The van der Waals surface area contributed by atoms with Crippen LogP contribution in [-0.2, 0) is 14.3 Å². The third kappa shape index (κ3) is 5.28. The summed E-state index contributed by atoms with van der Waals surface area (Å²) < 4.78 is 10.3. The Hall–Kier alpha value is -2.57. The Labute approximate surface area is 177 Å². The molecule has 2 aromatic carbocycles. The number of hydrogen-bond acceptors (Lipinski definition) is 5. The number of methoxy groups -OCH3 is 1. The van der Waals surface area contributed by atoms with Gasteiger partial charge in [0.2, 0.25) is 0 Å². The zero-order chi connectivity index (χ0) is 19.9. The Bertz CT molecular complexity index is 798. The fraction of sp³-hybridized carbons (Fsp3) is 0.364. The van der Waals surface area contributed by atoms with Crippen molar-refractivity contribution in [2.75, 3.05) is 20.3 Å². The van der Waals surface area contributed by atoms with Crippen LogP contribution >= 0.6 is 12.4 Å². The first-order valence-corrected chi connectivity index (χ1v) is 9.55. The number of ether oxygens (including phenoxy) is 2. The maximum Gasteiger partial charge on any atom is 0.407 e. The maximum atomic E-state index is 12.3. The van der Waals surface area contributed by atoms with Crippen LogP contribution in [0.4, 0.5) is 4.79 Å². The molecule has 1 amide bonds. The molecular formula is C22H27ClN2O4. The van der Waals surface area contributed by atoms with Gasteiger partial charge in [-0.2, -0.15) is 0 Å². The van der Waals surface area contributed by atoms with Crippen LogP contribution in [0, 0.1) is 0 Å². The predicted molar refractivity (Wildman–Crippen MR) is 114 cm³/mol. The van der Waals surface area contributed by atoms with E-state index < -0.39 is 18.1 Å². The largest absolute Gasteiger partial charge is 0.467 e. The van der Waals surface area contributed by atoms with Gasteiger partial charge in [-0.05, 0) is 48.1 Å². The number of esters is 1. The van der Waals surface area contributed by atoms with Crippen LogP contribution in [0.25, 0.3) is 11.1 Å². The lowest BCUT2D eigenvalue weighted by Crippen LogP contribution is -2.42. The minimum Gasteiger partial charge on any atom is -0.467 e. The molecule has 0 spiro atoms. The number of benzene rings is 2. The Morgan fingerprint density at radius 3 is 2.17 bits per heavy atom. The Morgan fingerprint density at radius 1 is 1.03 bits per heavy atom. The molecule has 0 radical (unpaired) electrons. The van der Waals surface area contributed by atoms with Crippen LogP contribution in [0.5, 0.6) is 0 Å². The predicted octanol–water partition coefficient (Wildman–Crippen LogP) is 3.62. The molecule has 2 aromatic rings. The van der Waals surface area contributed by atoms with Crippen molar-refractivity contribution in [2.24, 2.45) is 5.73 Å². The number of carbonyl (C=O) groups excluding carboxylic acids is 2. The van der Waals surface area contributed by atoms with Gasteiger partial charge in [0, 0.05) is 5.92 Å². The molecule has 0 aromatic heterocycles. The smallest absolute Gasteiger partial charge is 0.407 e. The summed E-state index contributed by atoms with van der Waals surface area (Å²) in [4.78, 5) is 24.2. The van der Waals surface area contributed by atoms with Crippen molar-refractivity contribution in [3.05, 3.63) is 59.7 Å². The number of nitrogens with one attached hydrogen (secondary N) is 1. The van der Waals surface area contributed by atoms with Gasteiger partial charge in [-0.25, -0.2) is 9.59 Å². The third-order valence-electron chi connectivity index (χ3n) is 5.07. The van der Waals surface area contributed by atoms with Gasteiger partial charge in [0.05, 0.1) is 7.11 Å². The highest BCUT2D eigenvalue weighted by atomic mass is 35.5. The Balaban J connectivity index is 0.00000300. The molecule has 156 valence electrons. The highest BCUT2D eigenvalue weighted by Crippen LogP contribution is 2.44. The number of hydrogen-bond donors (Lipinski definition) is 2. The van der Waals surface area contributed by atoms with Crippen molar-refractivity contribution < 1.29 is 19.1 Å². The topological polar surface area (TPSA) is 90.6 Å². The quantitative estimate of drug-likeness (QED) is 0.504. The van der Waals surface area contributed by atoms with E-state index in [2.05, 4.69) is 29.6 Å². The summed E-state index contributed by atoms with van der Waals surface area (Å²) >= 11 is 0. The van der Waals surface area contributed by atoms with Crippen molar-refractivity contribution >= 4 is 24.5 Å². The summed E-state index contributed by atoms with van der Waals surface area (Å²) in [7, 11) is 1.30. The molecule has 3 rings (SSSR count). The standard InChI is InChI=1S/C22H26N2O4.ClH/c1-27-21(25)20(12-6-7-13-23)24-22(26)28-14-19-17-10-4-2-8-15(17)16-9-3-5-11-18(16)19;/h2-5,8-11,19-20H,6-7,12-14,23H2,1H3,(H,24,26);1H. The van der Waals surface area contributed by atoms with Crippen molar-refractivity contribution in [1.82, 2.24) is 5.32 Å². The van der Waals surface area contributed by atoms with Crippen molar-refractivity contribution in [3.63, 3.8) is 0 Å². The molecule has 29 heavy (non-hydrogen) atoms. The van der Waals surface area contributed by atoms with Gasteiger partial charge >= 0.3 is 12.1 Å². The van der Waals surface area contributed by atoms with Crippen LogP contribution in [0.3, 0.4) is 0 Å². The molecular weight excluding hydrogens is 392 g/mol. The van der Waals surface area contributed by atoms with Crippen LogP contribution < -0.4 is 11.1 Å². The molecule has 0 bridgehead atoms. The van der Waals surface area contributed by atoms with E-state index >= 15 is 0 Å². The Kier molecular flexibility index (Phi) is 8.49. The van der Waals surface area contributed by atoms with Crippen molar-refractivity contribution in [2.45, 2.75) is 31.2 Å². The fourth-order valence-corrected chi connectivity index (χ4v) is 3.67. The lowest BCUT2D eigenvalue weighted by atomic mass is 9.98. The number of unbranched alkanes of at least 4 members (excludes halogenated alkanes) is 1. The lowest BCUT2D eigenvalue weighted by molar-refractivity contribution is -0.143. The fourth-order valence-electron chi connectivity index (χ4n) is 3.67. The minimum atomic E-state index is -0.729. The molecule has 3 N–H and O–H groups in total. The summed E-state index contributed by atoms with van der Waals surface area (Å²) in [6, 6.07) is 15.5. The SMILES string of the molecule is COC(=O)C(CCCCN)NC(=O)OCC1c2ccccc2-c2ccccc21.Cl. The van der Waals surface area contributed by atoms with Crippen LogP contribution in [-0.4, -0.2) is 38.4 Å². The van der Waals surface area contributed by atoms with Gasteiger partial charge in [0.25, 0.3) is 0 Å². The van der Waals surface area contributed by atoms with Gasteiger partial charge in [-0.1, -0.05) is 48.5 Å². The van der Waals surface area contributed by atoms with E-state index in [1.165, 1.54) is 18.2 Å². The average molecular weight is 419 g/mol. The van der Waals surface area contributed by atoms with Crippen molar-refractivity contribution in [3.8, 4) is 11.1 Å². The molecule has 0 heterocycles. The Morgan fingerprint density at radius 2 is 1.62 bits per heavy atom. The van der Waals surface area contributed by atoms with Crippen LogP contribution in [0.15, 0.2) is 48.5 Å². The molecule has 1 unspecified atom stereocenters. The van der Waals surface area contributed by atoms with E-state index in [9.17, 15) is 9.59 Å². The summed E-state index contributed by atoms with van der Waals surface area (Å²) in [6.45, 7) is 0.745. The van der Waals surface area contributed by atoms with E-state index in [1.54, 1.807) is 0 Å². The second-order valence-corrected chi connectivity index (χ2v) is 6.83. The lowest BCUT2D eigenvalue weighted by Gasteiger charge is -2.18. The molecule has 7 heteroatoms. The maximum absolute atomic E-state index is 12.3. The second kappa shape index (κ2) is 10.8. The van der Waals surface area contributed by atoms with E-state index in [1.807, 2.05) is 24.3 Å². The van der Waals surface area contributed by atoms with Crippen molar-refractivity contribution in [1.29, 1.82) is 0 Å². The van der Waals surface area contributed by atoms with Crippen LogP contribution in [0.1, 0.15) is 36.3 Å². The van der Waals surface area contributed by atoms with Gasteiger partial charge < -0.3 is 20.5 Å². The third-order valence-corrected chi connectivity index (χ3v) is 5.07. The van der Waals surface area contributed by atoms with Crippen LogP contribution in [0.2, 0.25) is 0 Å². The molecule has 1 atom stereocenters. The highest BCUT2D eigenvalue weighted by molar-refractivity contribution is 5.85. The van der Waals surface area contributed by atoms with Gasteiger partial charge in [-0.15, -0.1) is 12.4 Å². The first kappa shape index (κ1) is 22.7. The zero-order valence-corrected chi connectivity index (χ0v) is 17.2. The normalized spacial score (nSPS) is 12.9. The summed E-state index contributed by atoms with van der Waals surface area (Å²) in [5.74, 6) is -0.502. The number of alkyl carbamates (subject to hydrolysis) is 1. The number of halogens is 1. The van der Waals surface area contributed by atoms with E-state index in [0.29, 0.717) is 13.0 Å². The minimum absolute atomic E-state index is 0. The van der Waals surface area contributed by atoms with E-state index in [-0.39, 0.29) is 24.9 Å². The molecule has 0 aliphatic heterocycles. The van der Waals surface area contributed by atoms with Gasteiger partial charge in [-0.3, -0.25) is 0 Å². The first-order valence-electron chi connectivity index (χ1n) is 9.55. The first-order chi connectivity index (χ1) is 13.7. The summed E-state index contributed by atoms with van der Waals surface area (Å²) in [5.41, 5.74) is 10.1.